The Bertz CT molecular complexity index is 453. The molecule has 0 aliphatic heterocycles. The van der Waals surface area contributed by atoms with Crippen molar-refractivity contribution in [3.8, 4) is 5.75 Å². The van der Waals surface area contributed by atoms with Crippen LogP contribution in [0, 0.1) is 26.7 Å². The highest BCUT2D eigenvalue weighted by Crippen LogP contribution is 2.45. The molecule has 0 aromatic heterocycles. The second-order valence-corrected chi connectivity index (χ2v) is 5.48. The summed E-state index contributed by atoms with van der Waals surface area (Å²) in [5.41, 5.74) is 10.6. The van der Waals surface area contributed by atoms with Crippen LogP contribution in [0.3, 0.4) is 0 Å². The van der Waals surface area contributed by atoms with Crippen molar-refractivity contribution in [3.05, 3.63) is 28.3 Å². The van der Waals surface area contributed by atoms with Crippen molar-refractivity contribution in [2.45, 2.75) is 39.7 Å². The predicted octanol–water partition coefficient (Wildman–Crippen LogP) is 3.05. The summed E-state index contributed by atoms with van der Waals surface area (Å²) in [5, 5.41) is 0. The third-order valence-corrected chi connectivity index (χ3v) is 4.04. The Labute approximate surface area is 116 Å². The number of methoxy groups -OCH3 is 1. The summed E-state index contributed by atoms with van der Waals surface area (Å²) < 4.78 is 11.5. The molecular formula is C16H25NO2. The highest BCUT2D eigenvalue weighted by Gasteiger charge is 2.34. The van der Waals surface area contributed by atoms with Gasteiger partial charge in [0.05, 0.1) is 19.8 Å². The second kappa shape index (κ2) is 5.93. The molecule has 1 fully saturated rings. The lowest BCUT2D eigenvalue weighted by molar-refractivity contribution is 0.0419. The van der Waals surface area contributed by atoms with Crippen molar-refractivity contribution >= 4 is 0 Å². The molecule has 0 bridgehead atoms. The maximum atomic E-state index is 6.00. The van der Waals surface area contributed by atoms with Crippen LogP contribution >= 0.6 is 0 Å². The normalized spacial score (nSPS) is 16.5. The van der Waals surface area contributed by atoms with E-state index in [4.69, 9.17) is 15.2 Å². The first-order chi connectivity index (χ1) is 9.10. The summed E-state index contributed by atoms with van der Waals surface area (Å²) in [6, 6.07) is 2.22. The molecule has 1 atom stereocenters. The fraction of sp³-hybridized carbons (Fsp3) is 0.625. The molecule has 1 unspecified atom stereocenters. The molecule has 19 heavy (non-hydrogen) atoms. The van der Waals surface area contributed by atoms with Gasteiger partial charge >= 0.3 is 0 Å². The summed E-state index contributed by atoms with van der Waals surface area (Å²) in [6.07, 6.45) is 2.73. The zero-order valence-corrected chi connectivity index (χ0v) is 12.5. The maximum Gasteiger partial charge on any atom is 0.124 e. The van der Waals surface area contributed by atoms with E-state index in [1.807, 2.05) is 0 Å². The standard InChI is InChI=1S/C16H25NO2/c1-10-9-14(11(2)12(3)15(10)18-4)16(13-5-6-13)19-8-7-17/h9,13,16H,5-8,17H2,1-4H3. The minimum Gasteiger partial charge on any atom is -0.496 e. The molecule has 0 radical (unpaired) electrons. The summed E-state index contributed by atoms with van der Waals surface area (Å²) >= 11 is 0. The number of nitrogens with two attached hydrogens (primary N) is 1. The Morgan fingerprint density at radius 2 is 1.95 bits per heavy atom. The average Bonchev–Trinajstić information content (AvgIpc) is 3.20. The first-order valence-electron chi connectivity index (χ1n) is 7.06. The van der Waals surface area contributed by atoms with Gasteiger partial charge in [0, 0.05) is 6.54 Å². The van der Waals surface area contributed by atoms with Crippen LogP contribution in [0.2, 0.25) is 0 Å². The smallest absolute Gasteiger partial charge is 0.124 e. The van der Waals surface area contributed by atoms with Crippen LogP contribution in [-0.2, 0) is 4.74 Å². The Hall–Kier alpha value is -1.06. The topological polar surface area (TPSA) is 44.5 Å². The van der Waals surface area contributed by atoms with Gasteiger partial charge in [-0.05, 0) is 67.9 Å². The molecule has 2 N–H and O–H groups in total. The van der Waals surface area contributed by atoms with Crippen LogP contribution in [0.15, 0.2) is 6.07 Å². The molecule has 106 valence electrons. The predicted molar refractivity (Wildman–Crippen MR) is 77.7 cm³/mol. The first kappa shape index (κ1) is 14.4. The summed E-state index contributed by atoms with van der Waals surface area (Å²) in [4.78, 5) is 0. The van der Waals surface area contributed by atoms with E-state index in [1.165, 1.54) is 35.1 Å². The minimum absolute atomic E-state index is 0.201. The first-order valence-corrected chi connectivity index (χ1v) is 7.06. The summed E-state index contributed by atoms with van der Waals surface area (Å²) in [6.45, 7) is 7.59. The lowest BCUT2D eigenvalue weighted by Crippen LogP contribution is -2.15. The van der Waals surface area contributed by atoms with Crippen molar-refractivity contribution in [2.75, 3.05) is 20.3 Å². The second-order valence-electron chi connectivity index (χ2n) is 5.48. The highest BCUT2D eigenvalue weighted by molar-refractivity contribution is 5.50. The quantitative estimate of drug-likeness (QED) is 0.858. The Kier molecular flexibility index (Phi) is 4.48. The van der Waals surface area contributed by atoms with Gasteiger partial charge in [-0.15, -0.1) is 0 Å². The van der Waals surface area contributed by atoms with E-state index in [1.54, 1.807) is 7.11 Å². The van der Waals surface area contributed by atoms with Gasteiger partial charge in [0.2, 0.25) is 0 Å². The average molecular weight is 263 g/mol. The molecule has 1 aromatic carbocycles. The summed E-state index contributed by atoms with van der Waals surface area (Å²) in [7, 11) is 1.73. The Morgan fingerprint density at radius 1 is 1.26 bits per heavy atom. The van der Waals surface area contributed by atoms with E-state index in [-0.39, 0.29) is 6.10 Å². The molecule has 0 amide bonds. The molecule has 3 heteroatoms. The molecular weight excluding hydrogens is 238 g/mol. The van der Waals surface area contributed by atoms with E-state index in [9.17, 15) is 0 Å². The number of ether oxygens (including phenoxy) is 2. The van der Waals surface area contributed by atoms with Crippen molar-refractivity contribution in [3.63, 3.8) is 0 Å². The SMILES string of the molecule is COc1c(C)cc(C(OCCN)C2CC2)c(C)c1C. The van der Waals surface area contributed by atoms with Crippen molar-refractivity contribution in [2.24, 2.45) is 11.7 Å². The van der Waals surface area contributed by atoms with Crippen molar-refractivity contribution in [1.82, 2.24) is 0 Å². The number of hydrogen-bond donors (Lipinski definition) is 1. The zero-order chi connectivity index (χ0) is 14.0. The maximum absolute atomic E-state index is 6.00. The molecule has 1 aliphatic rings. The zero-order valence-electron chi connectivity index (χ0n) is 12.5. The van der Waals surface area contributed by atoms with Crippen LogP contribution in [0.5, 0.6) is 5.75 Å². The lowest BCUT2D eigenvalue weighted by Gasteiger charge is -2.23. The third-order valence-electron chi connectivity index (χ3n) is 4.04. The molecule has 0 spiro atoms. The van der Waals surface area contributed by atoms with Gasteiger partial charge in [-0.25, -0.2) is 0 Å². The van der Waals surface area contributed by atoms with E-state index in [0.717, 1.165) is 5.75 Å². The number of rotatable bonds is 6. The van der Waals surface area contributed by atoms with E-state index in [0.29, 0.717) is 19.1 Å². The molecule has 3 nitrogen and oxygen atoms in total. The van der Waals surface area contributed by atoms with Crippen LogP contribution in [0.25, 0.3) is 0 Å². The van der Waals surface area contributed by atoms with Gasteiger partial charge in [0.15, 0.2) is 0 Å². The van der Waals surface area contributed by atoms with E-state index in [2.05, 4.69) is 26.8 Å². The van der Waals surface area contributed by atoms with Gasteiger partial charge in [-0.1, -0.05) is 0 Å². The van der Waals surface area contributed by atoms with Gasteiger partial charge in [-0.2, -0.15) is 0 Å². The number of aryl methyl sites for hydroxylation is 1. The van der Waals surface area contributed by atoms with Crippen LogP contribution in [0.1, 0.15) is 41.2 Å². The minimum atomic E-state index is 0.201. The molecule has 0 heterocycles. The third kappa shape index (κ3) is 2.93. The van der Waals surface area contributed by atoms with Gasteiger partial charge < -0.3 is 15.2 Å². The monoisotopic (exact) mass is 263 g/mol. The fourth-order valence-electron chi connectivity index (χ4n) is 2.77. The van der Waals surface area contributed by atoms with Crippen LogP contribution in [-0.4, -0.2) is 20.3 Å². The lowest BCUT2D eigenvalue weighted by atomic mass is 9.93. The number of benzene rings is 1. The van der Waals surface area contributed by atoms with Crippen molar-refractivity contribution < 1.29 is 9.47 Å². The molecule has 0 saturated heterocycles. The summed E-state index contributed by atoms with van der Waals surface area (Å²) in [5.74, 6) is 1.66. The Balaban J connectivity index is 2.36. The van der Waals surface area contributed by atoms with E-state index < -0.39 is 0 Å². The Morgan fingerprint density at radius 3 is 2.47 bits per heavy atom. The highest BCUT2D eigenvalue weighted by atomic mass is 16.5. The van der Waals surface area contributed by atoms with Crippen LogP contribution in [0.4, 0.5) is 0 Å². The van der Waals surface area contributed by atoms with Gasteiger partial charge in [0.25, 0.3) is 0 Å². The van der Waals surface area contributed by atoms with Crippen molar-refractivity contribution in [1.29, 1.82) is 0 Å². The fourth-order valence-corrected chi connectivity index (χ4v) is 2.77. The molecule has 1 aromatic rings. The molecule has 1 aliphatic carbocycles. The largest absolute Gasteiger partial charge is 0.496 e. The van der Waals surface area contributed by atoms with Crippen LogP contribution < -0.4 is 10.5 Å². The molecule has 2 rings (SSSR count). The molecule has 1 saturated carbocycles. The van der Waals surface area contributed by atoms with E-state index >= 15 is 0 Å². The van der Waals surface area contributed by atoms with Gasteiger partial charge in [-0.3, -0.25) is 0 Å². The number of hydrogen-bond acceptors (Lipinski definition) is 3. The van der Waals surface area contributed by atoms with Gasteiger partial charge in [0.1, 0.15) is 5.75 Å².